The molecular formula is C25H35FN4O3. The van der Waals surface area contributed by atoms with E-state index < -0.39 is 11.6 Å². The minimum Gasteiger partial charge on any atom is -0.339 e. The van der Waals surface area contributed by atoms with Gasteiger partial charge in [0.1, 0.15) is 11.4 Å². The number of nitrogens with zero attached hydrogens (tertiary/aromatic N) is 3. The largest absolute Gasteiger partial charge is 0.339 e. The van der Waals surface area contributed by atoms with E-state index in [0.717, 1.165) is 0 Å². The predicted octanol–water partition coefficient (Wildman–Crippen LogP) is 2.67. The summed E-state index contributed by atoms with van der Waals surface area (Å²) in [6, 6.07) is 5.77. The molecule has 0 aliphatic carbocycles. The average molecular weight is 459 g/mol. The maximum absolute atomic E-state index is 13.9. The molecule has 0 aromatic heterocycles. The van der Waals surface area contributed by atoms with Crippen LogP contribution in [0.3, 0.4) is 0 Å². The Morgan fingerprint density at radius 1 is 1.27 bits per heavy atom. The Labute approximate surface area is 195 Å². The maximum atomic E-state index is 13.9. The van der Waals surface area contributed by atoms with E-state index in [9.17, 15) is 18.8 Å². The zero-order valence-electron chi connectivity index (χ0n) is 20.0. The summed E-state index contributed by atoms with van der Waals surface area (Å²) in [6.45, 7) is 5.91. The molecule has 3 rings (SSSR count). The Hall–Kier alpha value is -2.74. The quantitative estimate of drug-likeness (QED) is 0.480. The van der Waals surface area contributed by atoms with Crippen molar-refractivity contribution in [1.29, 1.82) is 0 Å². The summed E-state index contributed by atoms with van der Waals surface area (Å²) in [5, 5.41) is 2.99. The second-order valence-electron chi connectivity index (χ2n) is 9.67. The number of nitrogens with one attached hydrogen (secondary N) is 1. The average Bonchev–Trinajstić information content (AvgIpc) is 3.00. The molecule has 1 N–H and O–H groups in total. The molecule has 8 heteroatoms. The van der Waals surface area contributed by atoms with Gasteiger partial charge in [-0.05, 0) is 62.5 Å². The molecule has 4 amide bonds. The highest BCUT2D eigenvalue weighted by Gasteiger charge is 2.55. The van der Waals surface area contributed by atoms with Crippen molar-refractivity contribution in [2.75, 3.05) is 40.3 Å². The number of amides is 4. The molecule has 2 fully saturated rings. The van der Waals surface area contributed by atoms with Gasteiger partial charge in [0.05, 0.1) is 0 Å². The first-order valence-electron chi connectivity index (χ1n) is 11.6. The van der Waals surface area contributed by atoms with Crippen LogP contribution in [0.25, 0.3) is 0 Å². The van der Waals surface area contributed by atoms with E-state index in [1.165, 1.54) is 17.0 Å². The number of hydrogen-bond acceptors (Lipinski definition) is 4. The van der Waals surface area contributed by atoms with Gasteiger partial charge in [-0.3, -0.25) is 14.5 Å². The molecule has 2 aliphatic heterocycles. The standard InChI is InChI=1S/C25H35FN4O3/c1-18(2)8-9-22(31)29-12-10-20(11-13-29)25(17-19-6-5-7-21(26)16-19)23(32)30(24(33)27-25)15-14-28(3)4/h5-9,16,18,20H,10-15,17H2,1-4H3,(H,27,33)/b9-8+. The molecule has 2 saturated heterocycles. The third-order valence-corrected chi connectivity index (χ3v) is 6.47. The number of benzene rings is 1. The molecule has 1 unspecified atom stereocenters. The van der Waals surface area contributed by atoms with Crippen LogP contribution in [0.4, 0.5) is 9.18 Å². The lowest BCUT2D eigenvalue weighted by Crippen LogP contribution is -2.58. The number of piperidine rings is 1. The van der Waals surface area contributed by atoms with Crippen molar-refractivity contribution in [2.45, 2.75) is 38.6 Å². The molecule has 33 heavy (non-hydrogen) atoms. The zero-order chi connectivity index (χ0) is 24.2. The van der Waals surface area contributed by atoms with Crippen molar-refractivity contribution >= 4 is 17.8 Å². The first-order valence-corrected chi connectivity index (χ1v) is 11.6. The van der Waals surface area contributed by atoms with Crippen LogP contribution in [-0.2, 0) is 16.0 Å². The summed E-state index contributed by atoms with van der Waals surface area (Å²) in [6.07, 6.45) is 4.89. The van der Waals surface area contributed by atoms with E-state index in [0.29, 0.717) is 50.5 Å². The SMILES string of the molecule is CC(C)/C=C/C(=O)N1CCC(C2(Cc3cccc(F)c3)NC(=O)N(CCN(C)C)C2=O)CC1. The van der Waals surface area contributed by atoms with Crippen molar-refractivity contribution < 1.29 is 18.8 Å². The Kier molecular flexibility index (Phi) is 7.89. The summed E-state index contributed by atoms with van der Waals surface area (Å²) >= 11 is 0. The Morgan fingerprint density at radius 2 is 1.97 bits per heavy atom. The highest BCUT2D eigenvalue weighted by atomic mass is 19.1. The second-order valence-corrected chi connectivity index (χ2v) is 9.67. The van der Waals surface area contributed by atoms with E-state index >= 15 is 0 Å². The summed E-state index contributed by atoms with van der Waals surface area (Å²) in [5.74, 6) is -0.528. The van der Waals surface area contributed by atoms with Gasteiger partial charge in [-0.25, -0.2) is 9.18 Å². The number of likely N-dealkylation sites (tertiary alicyclic amines) is 1. The van der Waals surface area contributed by atoms with E-state index in [2.05, 4.69) is 5.32 Å². The number of likely N-dealkylation sites (N-methyl/N-ethyl adjacent to an activating group) is 1. The molecule has 1 aromatic carbocycles. The van der Waals surface area contributed by atoms with Crippen LogP contribution in [0.2, 0.25) is 0 Å². The first-order chi connectivity index (χ1) is 15.6. The number of urea groups is 1. The van der Waals surface area contributed by atoms with Gasteiger partial charge in [0, 0.05) is 32.6 Å². The molecule has 0 bridgehead atoms. The van der Waals surface area contributed by atoms with E-state index in [-0.39, 0.29) is 30.0 Å². The summed E-state index contributed by atoms with van der Waals surface area (Å²) in [7, 11) is 3.78. The molecule has 0 radical (unpaired) electrons. The highest BCUT2D eigenvalue weighted by molar-refractivity contribution is 6.07. The Morgan fingerprint density at radius 3 is 2.58 bits per heavy atom. The number of imide groups is 1. The lowest BCUT2D eigenvalue weighted by atomic mass is 9.74. The van der Waals surface area contributed by atoms with E-state index in [4.69, 9.17) is 0 Å². The van der Waals surface area contributed by atoms with Crippen LogP contribution in [-0.4, -0.2) is 78.4 Å². The molecule has 0 saturated carbocycles. The third kappa shape index (κ3) is 5.79. The molecular weight excluding hydrogens is 423 g/mol. The van der Waals surface area contributed by atoms with Gasteiger partial charge in [-0.2, -0.15) is 0 Å². The molecule has 2 heterocycles. The maximum Gasteiger partial charge on any atom is 0.325 e. The van der Waals surface area contributed by atoms with Crippen molar-refractivity contribution in [2.24, 2.45) is 11.8 Å². The van der Waals surface area contributed by atoms with E-state index in [1.807, 2.05) is 38.9 Å². The smallest absolute Gasteiger partial charge is 0.325 e. The molecule has 2 aliphatic rings. The summed E-state index contributed by atoms with van der Waals surface area (Å²) in [5.41, 5.74) is -0.475. The highest BCUT2D eigenvalue weighted by Crippen LogP contribution is 2.36. The minimum atomic E-state index is -1.14. The lowest BCUT2D eigenvalue weighted by molar-refractivity contribution is -0.134. The monoisotopic (exact) mass is 458 g/mol. The second kappa shape index (κ2) is 10.5. The minimum absolute atomic E-state index is 0.0317. The van der Waals surface area contributed by atoms with Crippen molar-refractivity contribution in [3.63, 3.8) is 0 Å². The molecule has 7 nitrogen and oxygen atoms in total. The number of rotatable bonds is 8. The first kappa shape index (κ1) is 24.9. The molecule has 1 atom stereocenters. The fourth-order valence-corrected chi connectivity index (χ4v) is 4.63. The molecule has 1 aromatic rings. The molecule has 0 spiro atoms. The summed E-state index contributed by atoms with van der Waals surface area (Å²) in [4.78, 5) is 44.0. The topological polar surface area (TPSA) is 73.0 Å². The van der Waals surface area contributed by atoms with Gasteiger partial charge in [0.25, 0.3) is 5.91 Å². The Bertz CT molecular complexity index is 909. The fourth-order valence-electron chi connectivity index (χ4n) is 4.63. The summed E-state index contributed by atoms with van der Waals surface area (Å²) < 4.78 is 13.9. The number of carbonyl (C=O) groups excluding carboxylic acids is 3. The van der Waals surface area contributed by atoms with Crippen LogP contribution in [0.1, 0.15) is 32.3 Å². The lowest BCUT2D eigenvalue weighted by Gasteiger charge is -2.41. The van der Waals surface area contributed by atoms with Crippen molar-refractivity contribution in [1.82, 2.24) is 20.0 Å². The van der Waals surface area contributed by atoms with Gasteiger partial charge in [0.15, 0.2) is 0 Å². The number of allylic oxidation sites excluding steroid dienone is 1. The van der Waals surface area contributed by atoms with Crippen LogP contribution in [0, 0.1) is 17.7 Å². The normalized spacial score (nSPS) is 22.2. The number of hydrogen-bond donors (Lipinski definition) is 1. The molecule has 180 valence electrons. The van der Waals surface area contributed by atoms with Gasteiger partial charge in [0.2, 0.25) is 5.91 Å². The van der Waals surface area contributed by atoms with Gasteiger partial charge < -0.3 is 15.1 Å². The van der Waals surface area contributed by atoms with Gasteiger partial charge >= 0.3 is 6.03 Å². The van der Waals surface area contributed by atoms with Crippen molar-refractivity contribution in [3.05, 3.63) is 47.8 Å². The van der Waals surface area contributed by atoms with Crippen LogP contribution < -0.4 is 5.32 Å². The zero-order valence-corrected chi connectivity index (χ0v) is 20.0. The van der Waals surface area contributed by atoms with Crippen LogP contribution in [0.15, 0.2) is 36.4 Å². The predicted molar refractivity (Wildman–Crippen MR) is 125 cm³/mol. The van der Waals surface area contributed by atoms with Crippen LogP contribution in [0.5, 0.6) is 0 Å². The number of halogens is 1. The number of carbonyl (C=O) groups is 3. The van der Waals surface area contributed by atoms with E-state index in [1.54, 1.807) is 23.1 Å². The van der Waals surface area contributed by atoms with Crippen LogP contribution >= 0.6 is 0 Å². The van der Waals surface area contributed by atoms with Gasteiger partial charge in [-0.1, -0.05) is 32.1 Å². The third-order valence-electron chi connectivity index (χ3n) is 6.47. The van der Waals surface area contributed by atoms with Gasteiger partial charge in [-0.15, -0.1) is 0 Å². The fraction of sp³-hybridized carbons (Fsp3) is 0.560. The van der Waals surface area contributed by atoms with Crippen molar-refractivity contribution in [3.8, 4) is 0 Å². The Balaban J connectivity index is 1.82.